The summed E-state index contributed by atoms with van der Waals surface area (Å²) in [7, 11) is 3.33. The fourth-order valence-electron chi connectivity index (χ4n) is 9.43. The molecule has 1 atom stereocenters. The van der Waals surface area contributed by atoms with Gasteiger partial charge in [0.2, 0.25) is 24.1 Å². The number of aromatic nitrogens is 4. The van der Waals surface area contributed by atoms with Crippen LogP contribution in [0.4, 0.5) is 30.5 Å². The molecule has 0 aliphatic carbocycles. The number of piperidine rings is 1. The Morgan fingerprint density at radius 3 is 2.45 bits per heavy atom. The molecule has 392 valence electrons. The molecule has 0 spiro atoms. The van der Waals surface area contributed by atoms with Crippen LogP contribution in [0.25, 0.3) is 28.2 Å². The fourth-order valence-corrected chi connectivity index (χ4v) is 9.43. The summed E-state index contributed by atoms with van der Waals surface area (Å²) >= 11 is 0. The van der Waals surface area contributed by atoms with Gasteiger partial charge in [-0.05, 0) is 106 Å². The number of fused-ring (bicyclic) bond motifs is 1. The number of nitrogens with zero attached hydrogens (tertiary/aromatic N) is 6. The summed E-state index contributed by atoms with van der Waals surface area (Å²) in [6, 6.07) is 12.8. The highest BCUT2D eigenvalue weighted by molar-refractivity contribution is 6.06. The number of hydrogen-bond donors (Lipinski definition) is 5. The maximum atomic E-state index is 13.5. The van der Waals surface area contributed by atoms with Gasteiger partial charge >= 0.3 is 6.18 Å². The Bertz CT molecular complexity index is 2830. The number of H-pyrrole nitrogens is 1. The number of nitrogen functional groups attached to an aromatic ring is 1. The summed E-state index contributed by atoms with van der Waals surface area (Å²) in [5.74, 6) is -0.222. The summed E-state index contributed by atoms with van der Waals surface area (Å²) < 4.78 is 44.9. The number of ether oxygens (including phenoxy) is 1. The zero-order chi connectivity index (χ0) is 52.8. The molecule has 6 amide bonds. The summed E-state index contributed by atoms with van der Waals surface area (Å²) in [6.07, 6.45) is 10.8. The molecule has 3 aromatic heterocycles. The van der Waals surface area contributed by atoms with E-state index in [0.717, 1.165) is 81.7 Å². The highest BCUT2D eigenvalue weighted by Crippen LogP contribution is 2.34. The number of imide groups is 1. The third kappa shape index (κ3) is 13.8. The summed E-state index contributed by atoms with van der Waals surface area (Å²) in [5, 5.41) is 15.7. The van der Waals surface area contributed by atoms with E-state index in [0.29, 0.717) is 97.1 Å². The van der Waals surface area contributed by atoms with Crippen LogP contribution in [0.5, 0.6) is 5.75 Å². The first-order chi connectivity index (χ1) is 35.6. The number of hydrogen-bond acceptors (Lipinski definition) is 12. The molecule has 2 fully saturated rings. The van der Waals surface area contributed by atoms with Crippen molar-refractivity contribution in [3.63, 3.8) is 0 Å². The van der Waals surface area contributed by atoms with E-state index in [2.05, 4.69) is 36.1 Å². The van der Waals surface area contributed by atoms with Gasteiger partial charge in [-0.15, -0.1) is 0 Å². The van der Waals surface area contributed by atoms with E-state index in [1.807, 2.05) is 22.0 Å². The smallest absolute Gasteiger partial charge is 0.416 e. The number of anilines is 3. The number of amides is 6. The summed E-state index contributed by atoms with van der Waals surface area (Å²) in [6.45, 7) is 2.62. The van der Waals surface area contributed by atoms with Crippen molar-refractivity contribution in [2.45, 2.75) is 89.3 Å². The summed E-state index contributed by atoms with van der Waals surface area (Å²) in [4.78, 5) is 88.9. The van der Waals surface area contributed by atoms with Gasteiger partial charge in [-0.1, -0.05) is 30.7 Å². The minimum atomic E-state index is -4.57. The molecule has 2 aliphatic heterocycles. The van der Waals surface area contributed by atoms with Gasteiger partial charge in [0.15, 0.2) is 0 Å². The molecule has 7 rings (SSSR count). The first-order valence-corrected chi connectivity index (χ1v) is 24.9. The number of alkyl halides is 3. The Labute approximate surface area is 426 Å². The Morgan fingerprint density at radius 2 is 1.70 bits per heavy atom. The molecule has 2 aliphatic rings. The van der Waals surface area contributed by atoms with E-state index in [-0.39, 0.29) is 41.3 Å². The highest BCUT2D eigenvalue weighted by Gasteiger charge is 2.34. The molecule has 6 N–H and O–H groups in total. The third-order valence-electron chi connectivity index (χ3n) is 13.6. The second kappa shape index (κ2) is 25.2. The minimum absolute atomic E-state index is 0.00169. The van der Waals surface area contributed by atoms with Gasteiger partial charge in [-0.25, -0.2) is 9.97 Å². The normalized spacial score (nSPS) is 15.1. The summed E-state index contributed by atoms with van der Waals surface area (Å²) in [5.41, 5.74) is 9.39. The molecule has 1 unspecified atom stereocenters. The molecule has 5 heterocycles. The predicted octanol–water partition coefficient (Wildman–Crippen LogP) is 7.38. The number of likely N-dealkylation sites (tertiary alicyclic amines) is 2. The number of unbranched alkanes of at least 4 members (excludes halogenated alkanes) is 3. The lowest BCUT2D eigenvalue weighted by Gasteiger charge is -2.32. The molecule has 0 bridgehead atoms. The topological polar surface area (TPSA) is 238 Å². The Balaban J connectivity index is 0.790. The average Bonchev–Trinajstić information content (AvgIpc) is 4.09. The molecule has 18 nitrogen and oxygen atoms in total. The maximum Gasteiger partial charge on any atom is 0.416 e. The van der Waals surface area contributed by atoms with Gasteiger partial charge in [0.25, 0.3) is 11.8 Å². The number of carbonyl (C=O) groups is 6. The Hall–Kier alpha value is -7.84. The van der Waals surface area contributed by atoms with Crippen molar-refractivity contribution in [1.29, 1.82) is 0 Å². The van der Waals surface area contributed by atoms with Crippen LogP contribution in [0.2, 0.25) is 0 Å². The zero-order valence-electron chi connectivity index (χ0n) is 41.5. The van der Waals surface area contributed by atoms with Gasteiger partial charge in [0.1, 0.15) is 28.9 Å². The number of allylic oxidation sites excluding steroid dienone is 1. The second-order valence-electron chi connectivity index (χ2n) is 18.5. The highest BCUT2D eigenvalue weighted by atomic mass is 19.4. The monoisotopic (exact) mass is 1020 g/mol. The third-order valence-corrected chi connectivity index (χ3v) is 13.6. The minimum Gasteiger partial charge on any atom is -0.495 e. The molecular formula is C53H62F3N11O7. The average molecular weight is 1020 g/mol. The van der Waals surface area contributed by atoms with E-state index in [9.17, 15) is 41.9 Å². The van der Waals surface area contributed by atoms with Crippen molar-refractivity contribution >= 4 is 70.2 Å². The van der Waals surface area contributed by atoms with E-state index < -0.39 is 29.6 Å². The zero-order valence-corrected chi connectivity index (χ0v) is 41.5. The number of nitrogens with two attached hydrogens (primary N) is 1. The van der Waals surface area contributed by atoms with Gasteiger partial charge in [-0.2, -0.15) is 18.3 Å². The van der Waals surface area contributed by atoms with E-state index in [1.165, 1.54) is 12.1 Å². The van der Waals surface area contributed by atoms with Gasteiger partial charge in [0, 0.05) is 87.3 Å². The first-order valence-electron chi connectivity index (χ1n) is 24.9. The molecule has 5 aromatic rings. The lowest BCUT2D eigenvalue weighted by atomic mass is 9.91. The van der Waals surface area contributed by atoms with Crippen molar-refractivity contribution in [2.75, 3.05) is 62.8 Å². The molecule has 74 heavy (non-hydrogen) atoms. The molecule has 2 aromatic carbocycles. The van der Waals surface area contributed by atoms with Crippen molar-refractivity contribution in [3.8, 4) is 17.0 Å². The van der Waals surface area contributed by atoms with Crippen molar-refractivity contribution < 1.29 is 46.7 Å². The van der Waals surface area contributed by atoms with E-state index in [4.69, 9.17) is 10.5 Å². The number of nitrogens with one attached hydrogen (secondary N) is 4. The first kappa shape index (κ1) is 53.9. The van der Waals surface area contributed by atoms with Crippen molar-refractivity contribution in [2.24, 2.45) is 5.92 Å². The van der Waals surface area contributed by atoms with Crippen LogP contribution < -0.4 is 31.3 Å². The molecular weight excluding hydrogens is 960 g/mol. The number of rotatable bonds is 22. The molecule has 0 saturated carbocycles. The Kier molecular flexibility index (Phi) is 18.4. The quantitative estimate of drug-likeness (QED) is 0.0337. The molecule has 0 radical (unpaired) electrons. The number of halogens is 3. The standard InChI is InChI=1S/C53H62F3N11O7/c1-65(27-23-44(69)61-33-68)41-30-37(18-19-42(41)74-2)52(73)66-28-21-34(22-29-66)10-8-13-45(70)67-26-9-12-40(67)51(72)59-24-7-5-3-4-6-11-38-32-60-49(57)46-47(63-64-48(38)46)35-14-16-36(17-15-35)50(71)62-43-31-39(20-25-58-43)53(54,55)56/h6,11,14-20,25,30-34,40H,3-5,7-10,12-13,21-24,26-29H2,1-2H3,(H2,57,60)(H,59,72)(H,63,64)(H,58,62,71)(H,61,68,69)/b11-6+. The Morgan fingerprint density at radius 1 is 0.932 bits per heavy atom. The second-order valence-corrected chi connectivity index (χ2v) is 18.5. The van der Waals surface area contributed by atoms with E-state index >= 15 is 0 Å². The number of methoxy groups -OCH3 is 1. The number of carbonyl (C=O) groups excluding carboxylic acids is 6. The van der Waals surface area contributed by atoms with Gasteiger partial charge in [-0.3, -0.25) is 39.2 Å². The van der Waals surface area contributed by atoms with Crippen LogP contribution in [0, 0.1) is 5.92 Å². The largest absolute Gasteiger partial charge is 0.495 e. The van der Waals surface area contributed by atoms with Crippen molar-refractivity contribution in [3.05, 3.63) is 95.3 Å². The van der Waals surface area contributed by atoms with Crippen LogP contribution in [-0.4, -0.2) is 119 Å². The number of aromatic amines is 1. The number of pyridine rings is 2. The fraction of sp³-hybridized carbons (Fsp3) is 0.415. The number of benzene rings is 2. The molecule has 21 heteroatoms. The SMILES string of the molecule is COc1ccc(C(=O)N2CCC(CCCC(=O)N3CCCC3C(=O)NCCCCC/C=C/c3cnc(N)c4c(-c5ccc(C(=O)Nc6cc(C(F)(F)F)ccn6)cc5)[nH]nc34)CC2)cc1N(C)CCC(=O)NC=O. The van der Waals surface area contributed by atoms with Crippen LogP contribution in [0.15, 0.2) is 73.1 Å². The van der Waals surface area contributed by atoms with Gasteiger partial charge in [0.05, 0.1) is 29.4 Å². The lowest BCUT2D eigenvalue weighted by molar-refractivity contribution is -0.138. The predicted molar refractivity (Wildman–Crippen MR) is 274 cm³/mol. The van der Waals surface area contributed by atoms with Gasteiger partial charge < -0.3 is 35.8 Å². The van der Waals surface area contributed by atoms with Crippen LogP contribution >= 0.6 is 0 Å². The maximum absolute atomic E-state index is 13.5. The van der Waals surface area contributed by atoms with Crippen LogP contribution in [0.3, 0.4) is 0 Å². The molecule has 2 saturated heterocycles. The lowest BCUT2D eigenvalue weighted by Crippen LogP contribution is -2.46. The van der Waals surface area contributed by atoms with Crippen LogP contribution in [-0.2, 0) is 25.4 Å². The van der Waals surface area contributed by atoms with Crippen LogP contribution in [0.1, 0.15) is 109 Å². The van der Waals surface area contributed by atoms with E-state index in [1.54, 1.807) is 55.6 Å². The van der Waals surface area contributed by atoms with Crippen molar-refractivity contribution in [1.82, 2.24) is 40.6 Å².